The Kier molecular flexibility index (Phi) is 5.15. The van der Waals surface area contributed by atoms with Crippen molar-refractivity contribution in [3.8, 4) is 0 Å². The van der Waals surface area contributed by atoms with Crippen LogP contribution in [0.3, 0.4) is 0 Å². The number of rotatable bonds is 6. The van der Waals surface area contributed by atoms with E-state index in [1.807, 2.05) is 24.5 Å². The predicted molar refractivity (Wildman–Crippen MR) is 83.0 cm³/mol. The summed E-state index contributed by atoms with van der Waals surface area (Å²) in [5.41, 5.74) is 1.45. The summed E-state index contributed by atoms with van der Waals surface area (Å²) in [6.45, 7) is 2.29. The molecule has 0 spiro atoms. The van der Waals surface area contributed by atoms with Crippen LogP contribution < -0.4 is 10.6 Å². The summed E-state index contributed by atoms with van der Waals surface area (Å²) in [4.78, 5) is 22.7. The first-order valence-electron chi connectivity index (χ1n) is 6.92. The summed E-state index contributed by atoms with van der Waals surface area (Å²) in [5.74, 6) is -0.119. The first kappa shape index (κ1) is 14.8. The maximum atomic E-state index is 11.8. The standard InChI is InChI=1S/C16H19N3O2/c1-13(20)17-14-6-8-15(9-7-14)18-16(21)5-4-12-19-10-2-3-11-19/h2-3,6-11H,4-5,12H2,1H3,(H,17,20)(H,18,21). The molecule has 0 fully saturated rings. The number of nitrogens with zero attached hydrogens (tertiary/aromatic N) is 1. The highest BCUT2D eigenvalue weighted by atomic mass is 16.2. The van der Waals surface area contributed by atoms with E-state index in [2.05, 4.69) is 15.2 Å². The number of amides is 2. The maximum absolute atomic E-state index is 11.8. The van der Waals surface area contributed by atoms with Crippen LogP contribution in [0, 0.1) is 0 Å². The lowest BCUT2D eigenvalue weighted by Crippen LogP contribution is -2.12. The van der Waals surface area contributed by atoms with Gasteiger partial charge in [0.05, 0.1) is 0 Å². The molecule has 0 unspecified atom stereocenters. The number of aromatic nitrogens is 1. The van der Waals surface area contributed by atoms with E-state index in [1.165, 1.54) is 6.92 Å². The highest BCUT2D eigenvalue weighted by Crippen LogP contribution is 2.14. The zero-order chi connectivity index (χ0) is 15.1. The molecule has 1 aromatic heterocycles. The molecule has 0 aliphatic carbocycles. The third-order valence-corrected chi connectivity index (χ3v) is 2.98. The summed E-state index contributed by atoms with van der Waals surface area (Å²) < 4.78 is 2.05. The molecule has 2 aromatic rings. The number of anilines is 2. The van der Waals surface area contributed by atoms with Gasteiger partial charge in [0, 0.05) is 43.7 Å². The number of hydrogen-bond donors (Lipinski definition) is 2. The van der Waals surface area contributed by atoms with Crippen LogP contribution in [0.1, 0.15) is 19.8 Å². The molecule has 0 radical (unpaired) electrons. The molecule has 0 aliphatic heterocycles. The van der Waals surface area contributed by atoms with E-state index in [0.29, 0.717) is 12.1 Å². The van der Waals surface area contributed by atoms with Gasteiger partial charge in [-0.3, -0.25) is 9.59 Å². The largest absolute Gasteiger partial charge is 0.354 e. The van der Waals surface area contributed by atoms with Gasteiger partial charge in [-0.2, -0.15) is 0 Å². The Morgan fingerprint density at radius 3 is 2.14 bits per heavy atom. The molecule has 0 atom stereocenters. The van der Waals surface area contributed by atoms with Gasteiger partial charge >= 0.3 is 0 Å². The van der Waals surface area contributed by atoms with Crippen molar-refractivity contribution in [3.63, 3.8) is 0 Å². The van der Waals surface area contributed by atoms with Gasteiger partial charge < -0.3 is 15.2 Å². The van der Waals surface area contributed by atoms with Crippen LogP contribution in [0.5, 0.6) is 0 Å². The SMILES string of the molecule is CC(=O)Nc1ccc(NC(=O)CCCn2cccc2)cc1. The number of nitrogens with one attached hydrogen (secondary N) is 2. The van der Waals surface area contributed by atoms with Gasteiger partial charge in [-0.05, 0) is 42.8 Å². The zero-order valence-electron chi connectivity index (χ0n) is 12.0. The fraction of sp³-hybridized carbons (Fsp3) is 0.250. The van der Waals surface area contributed by atoms with Crippen LogP contribution in [0.4, 0.5) is 11.4 Å². The first-order chi connectivity index (χ1) is 10.1. The Morgan fingerprint density at radius 1 is 1.00 bits per heavy atom. The summed E-state index contributed by atoms with van der Waals surface area (Å²) in [5, 5.41) is 5.52. The van der Waals surface area contributed by atoms with Gasteiger partial charge in [-0.1, -0.05) is 0 Å². The smallest absolute Gasteiger partial charge is 0.224 e. The Morgan fingerprint density at radius 2 is 1.57 bits per heavy atom. The predicted octanol–water partition coefficient (Wildman–Crippen LogP) is 2.87. The zero-order valence-corrected chi connectivity index (χ0v) is 12.0. The van der Waals surface area contributed by atoms with Crippen LogP contribution in [0.15, 0.2) is 48.8 Å². The summed E-state index contributed by atoms with van der Waals surface area (Å²) >= 11 is 0. The second kappa shape index (κ2) is 7.28. The normalized spacial score (nSPS) is 10.1. The molecular weight excluding hydrogens is 266 g/mol. The van der Waals surface area contributed by atoms with E-state index in [4.69, 9.17) is 0 Å². The molecule has 1 heterocycles. The van der Waals surface area contributed by atoms with E-state index in [-0.39, 0.29) is 11.8 Å². The van der Waals surface area contributed by atoms with Crippen molar-refractivity contribution >= 4 is 23.2 Å². The molecule has 0 saturated heterocycles. The lowest BCUT2D eigenvalue weighted by molar-refractivity contribution is -0.116. The monoisotopic (exact) mass is 285 g/mol. The maximum Gasteiger partial charge on any atom is 0.224 e. The number of hydrogen-bond acceptors (Lipinski definition) is 2. The van der Waals surface area contributed by atoms with E-state index in [1.54, 1.807) is 24.3 Å². The van der Waals surface area contributed by atoms with Gasteiger partial charge in [0.15, 0.2) is 0 Å². The highest BCUT2D eigenvalue weighted by Gasteiger charge is 2.03. The number of carbonyl (C=O) groups excluding carboxylic acids is 2. The van der Waals surface area contributed by atoms with Gasteiger partial charge in [0.1, 0.15) is 0 Å². The van der Waals surface area contributed by atoms with Crippen LogP contribution in [-0.4, -0.2) is 16.4 Å². The molecule has 5 nitrogen and oxygen atoms in total. The molecule has 2 amide bonds. The molecule has 0 saturated carbocycles. The molecule has 2 rings (SSSR count). The minimum absolute atomic E-state index is 0.00515. The van der Waals surface area contributed by atoms with Crippen molar-refractivity contribution in [2.24, 2.45) is 0 Å². The van der Waals surface area contributed by atoms with Gasteiger partial charge in [-0.15, -0.1) is 0 Å². The average Bonchev–Trinajstić information content (AvgIpc) is 2.93. The molecule has 0 aliphatic rings. The molecule has 1 aromatic carbocycles. The first-order valence-corrected chi connectivity index (χ1v) is 6.92. The van der Waals surface area contributed by atoms with Crippen molar-refractivity contribution < 1.29 is 9.59 Å². The van der Waals surface area contributed by atoms with Gasteiger partial charge in [-0.25, -0.2) is 0 Å². The molecule has 110 valence electrons. The lowest BCUT2D eigenvalue weighted by Gasteiger charge is -2.07. The Labute approximate surface area is 124 Å². The molecule has 21 heavy (non-hydrogen) atoms. The van der Waals surface area contributed by atoms with Crippen molar-refractivity contribution in [1.29, 1.82) is 0 Å². The number of benzene rings is 1. The third-order valence-electron chi connectivity index (χ3n) is 2.98. The van der Waals surface area contributed by atoms with Crippen LogP contribution in [-0.2, 0) is 16.1 Å². The Hall–Kier alpha value is -2.56. The van der Waals surface area contributed by atoms with Crippen LogP contribution in [0.2, 0.25) is 0 Å². The fourth-order valence-electron chi connectivity index (χ4n) is 2.01. The van der Waals surface area contributed by atoms with Gasteiger partial charge in [0.25, 0.3) is 0 Å². The molecule has 0 bridgehead atoms. The number of aryl methyl sites for hydroxylation is 1. The second-order valence-electron chi connectivity index (χ2n) is 4.83. The molecular formula is C16H19N3O2. The van der Waals surface area contributed by atoms with Crippen LogP contribution >= 0.6 is 0 Å². The number of carbonyl (C=O) groups is 2. The quantitative estimate of drug-likeness (QED) is 0.857. The third kappa shape index (κ3) is 5.14. The van der Waals surface area contributed by atoms with E-state index in [9.17, 15) is 9.59 Å². The summed E-state index contributed by atoms with van der Waals surface area (Å²) in [6.07, 6.45) is 5.24. The van der Waals surface area contributed by atoms with E-state index >= 15 is 0 Å². The Bertz CT molecular complexity index is 588. The van der Waals surface area contributed by atoms with Crippen molar-refractivity contribution in [3.05, 3.63) is 48.8 Å². The topological polar surface area (TPSA) is 63.1 Å². The van der Waals surface area contributed by atoms with Crippen molar-refractivity contribution in [2.45, 2.75) is 26.3 Å². The summed E-state index contributed by atoms with van der Waals surface area (Å²) in [7, 11) is 0. The minimum atomic E-state index is -0.114. The van der Waals surface area contributed by atoms with Crippen molar-refractivity contribution in [1.82, 2.24) is 4.57 Å². The summed E-state index contributed by atoms with van der Waals surface area (Å²) in [6, 6.07) is 11.0. The van der Waals surface area contributed by atoms with Crippen LogP contribution in [0.25, 0.3) is 0 Å². The average molecular weight is 285 g/mol. The minimum Gasteiger partial charge on any atom is -0.354 e. The lowest BCUT2D eigenvalue weighted by atomic mass is 10.2. The van der Waals surface area contributed by atoms with E-state index < -0.39 is 0 Å². The fourth-order valence-corrected chi connectivity index (χ4v) is 2.01. The molecule has 5 heteroatoms. The molecule has 2 N–H and O–H groups in total. The van der Waals surface area contributed by atoms with E-state index in [0.717, 1.165) is 18.7 Å². The van der Waals surface area contributed by atoms with Crippen molar-refractivity contribution in [2.75, 3.05) is 10.6 Å². The Balaban J connectivity index is 1.75. The van der Waals surface area contributed by atoms with Gasteiger partial charge in [0.2, 0.25) is 11.8 Å². The highest BCUT2D eigenvalue weighted by molar-refractivity contribution is 5.92. The second-order valence-corrected chi connectivity index (χ2v) is 4.83.